The highest BCUT2D eigenvalue weighted by atomic mass is 16.2. The number of rotatable bonds is 4. The molecule has 0 bridgehead atoms. The van der Waals surface area contributed by atoms with Gasteiger partial charge in [-0.3, -0.25) is 10.6 Å². The van der Waals surface area contributed by atoms with Crippen LogP contribution in [0, 0.1) is 5.92 Å². The molecule has 6 heteroatoms. The van der Waals surface area contributed by atoms with Gasteiger partial charge in [-0.25, -0.2) is 9.97 Å². The van der Waals surface area contributed by atoms with Crippen LogP contribution in [0.15, 0.2) is 6.20 Å². The highest BCUT2D eigenvalue weighted by Gasteiger charge is 2.26. The van der Waals surface area contributed by atoms with Crippen molar-refractivity contribution in [3.63, 3.8) is 0 Å². The van der Waals surface area contributed by atoms with Crippen molar-refractivity contribution in [2.24, 2.45) is 11.8 Å². The average molecular weight is 277 g/mol. The fraction of sp³-hybridized carbons (Fsp3) is 0.643. The second-order valence-electron chi connectivity index (χ2n) is 5.78. The number of amides is 1. The van der Waals surface area contributed by atoms with Crippen LogP contribution in [-0.2, 0) is 0 Å². The molecule has 110 valence electrons. The first-order valence-electron chi connectivity index (χ1n) is 7.17. The van der Waals surface area contributed by atoms with Gasteiger partial charge in [-0.2, -0.15) is 0 Å². The Morgan fingerprint density at radius 2 is 2.20 bits per heavy atom. The van der Waals surface area contributed by atoms with Crippen LogP contribution < -0.4 is 16.6 Å². The van der Waals surface area contributed by atoms with E-state index in [2.05, 4.69) is 27.6 Å². The van der Waals surface area contributed by atoms with E-state index in [1.165, 1.54) is 0 Å². The van der Waals surface area contributed by atoms with Gasteiger partial charge in [-0.05, 0) is 18.8 Å². The third-order valence-corrected chi connectivity index (χ3v) is 3.87. The van der Waals surface area contributed by atoms with E-state index in [0.29, 0.717) is 23.1 Å². The Morgan fingerprint density at radius 1 is 1.45 bits per heavy atom. The van der Waals surface area contributed by atoms with Gasteiger partial charge in [0, 0.05) is 12.0 Å². The van der Waals surface area contributed by atoms with Crippen molar-refractivity contribution in [2.75, 3.05) is 5.43 Å². The number of hydrogen-bond acceptors (Lipinski definition) is 5. The van der Waals surface area contributed by atoms with Crippen molar-refractivity contribution in [1.82, 2.24) is 15.3 Å². The van der Waals surface area contributed by atoms with E-state index in [1.54, 1.807) is 6.20 Å². The summed E-state index contributed by atoms with van der Waals surface area (Å²) >= 11 is 0. The molecule has 0 saturated heterocycles. The maximum Gasteiger partial charge on any atom is 0.272 e. The van der Waals surface area contributed by atoms with E-state index < -0.39 is 0 Å². The van der Waals surface area contributed by atoms with Gasteiger partial charge < -0.3 is 10.7 Å². The Morgan fingerprint density at radius 3 is 2.75 bits per heavy atom. The van der Waals surface area contributed by atoms with E-state index in [9.17, 15) is 4.79 Å². The second-order valence-corrected chi connectivity index (χ2v) is 5.78. The molecule has 6 nitrogen and oxygen atoms in total. The van der Waals surface area contributed by atoms with E-state index in [4.69, 9.17) is 5.84 Å². The van der Waals surface area contributed by atoms with Gasteiger partial charge in [0.2, 0.25) is 0 Å². The highest BCUT2D eigenvalue weighted by Crippen LogP contribution is 2.25. The molecule has 0 aliphatic heterocycles. The number of nitrogens with two attached hydrogens (primary N) is 1. The van der Waals surface area contributed by atoms with Crippen LogP contribution in [0.5, 0.6) is 0 Å². The first kappa shape index (κ1) is 14.7. The normalized spacial score (nSPS) is 22.1. The van der Waals surface area contributed by atoms with E-state index in [1.807, 2.05) is 13.8 Å². The summed E-state index contributed by atoms with van der Waals surface area (Å²) in [7, 11) is 0. The van der Waals surface area contributed by atoms with Gasteiger partial charge in [0.05, 0.1) is 11.9 Å². The molecule has 1 aliphatic carbocycles. The predicted octanol–water partition coefficient (Wildman–Crippen LogP) is 1.80. The smallest absolute Gasteiger partial charge is 0.272 e. The molecule has 0 radical (unpaired) electrons. The van der Waals surface area contributed by atoms with Crippen LogP contribution in [0.4, 0.5) is 5.69 Å². The van der Waals surface area contributed by atoms with Crippen molar-refractivity contribution in [1.29, 1.82) is 0 Å². The second kappa shape index (κ2) is 6.17. The predicted molar refractivity (Wildman–Crippen MR) is 78.2 cm³/mol. The molecule has 2 rings (SSSR count). The lowest BCUT2D eigenvalue weighted by atomic mass is 10.1. The van der Waals surface area contributed by atoms with Gasteiger partial charge in [-0.1, -0.05) is 27.2 Å². The summed E-state index contributed by atoms with van der Waals surface area (Å²) in [6.07, 6.45) is 4.92. The number of aromatic nitrogens is 2. The largest absolute Gasteiger partial charge is 0.348 e. The number of hydrogen-bond donors (Lipinski definition) is 3. The summed E-state index contributed by atoms with van der Waals surface area (Å²) in [6, 6.07) is 0.227. The minimum Gasteiger partial charge on any atom is -0.348 e. The van der Waals surface area contributed by atoms with Crippen molar-refractivity contribution in [3.05, 3.63) is 17.7 Å². The maximum absolute atomic E-state index is 12.4. The molecule has 1 saturated carbocycles. The molecule has 1 aromatic rings. The Bertz CT molecular complexity index is 488. The van der Waals surface area contributed by atoms with Gasteiger partial charge in [0.25, 0.3) is 5.91 Å². The molecule has 1 aliphatic rings. The molecular weight excluding hydrogens is 254 g/mol. The van der Waals surface area contributed by atoms with Crippen LogP contribution in [0.3, 0.4) is 0 Å². The standard InChI is InChI=1S/C14H23N5O/c1-8(2)13-16-7-11(19-15)12(18-13)14(20)17-10-6-4-5-9(10)3/h7-10,19H,4-6,15H2,1-3H3,(H,17,20). The third-order valence-electron chi connectivity index (χ3n) is 3.87. The van der Waals surface area contributed by atoms with Gasteiger partial charge in [-0.15, -0.1) is 0 Å². The van der Waals surface area contributed by atoms with Gasteiger partial charge in [0.15, 0.2) is 5.69 Å². The Balaban J connectivity index is 2.20. The number of nitrogens with zero attached hydrogens (tertiary/aromatic N) is 2. The van der Waals surface area contributed by atoms with E-state index in [-0.39, 0.29) is 17.9 Å². The third kappa shape index (κ3) is 3.07. The molecule has 1 amide bonds. The topological polar surface area (TPSA) is 92.9 Å². The minimum atomic E-state index is -0.180. The number of anilines is 1. The monoisotopic (exact) mass is 277 g/mol. The van der Waals surface area contributed by atoms with E-state index >= 15 is 0 Å². The minimum absolute atomic E-state index is 0.166. The van der Waals surface area contributed by atoms with Crippen LogP contribution in [-0.4, -0.2) is 21.9 Å². The lowest BCUT2D eigenvalue weighted by Gasteiger charge is -2.18. The van der Waals surface area contributed by atoms with Crippen LogP contribution >= 0.6 is 0 Å². The molecule has 2 unspecified atom stereocenters. The number of nitrogen functional groups attached to an aromatic ring is 1. The van der Waals surface area contributed by atoms with Gasteiger partial charge in [0.1, 0.15) is 5.82 Å². The van der Waals surface area contributed by atoms with Crippen molar-refractivity contribution in [3.8, 4) is 0 Å². The molecule has 1 aromatic heterocycles. The summed E-state index contributed by atoms with van der Waals surface area (Å²) in [5.41, 5.74) is 3.27. The van der Waals surface area contributed by atoms with E-state index in [0.717, 1.165) is 19.3 Å². The quantitative estimate of drug-likeness (QED) is 0.576. The Kier molecular flexibility index (Phi) is 4.54. The SMILES string of the molecule is CC(C)c1ncc(NN)c(C(=O)NC2CCCC2C)n1. The molecule has 4 N–H and O–H groups in total. The lowest BCUT2D eigenvalue weighted by molar-refractivity contribution is 0.0925. The molecule has 20 heavy (non-hydrogen) atoms. The van der Waals surface area contributed by atoms with Crippen LogP contribution in [0.25, 0.3) is 0 Å². The first-order valence-corrected chi connectivity index (χ1v) is 7.17. The Labute approximate surface area is 119 Å². The number of hydrazine groups is 1. The molecule has 0 spiro atoms. The fourth-order valence-electron chi connectivity index (χ4n) is 2.55. The van der Waals surface area contributed by atoms with Crippen molar-refractivity contribution < 1.29 is 4.79 Å². The Hall–Kier alpha value is -1.69. The fourth-order valence-corrected chi connectivity index (χ4v) is 2.55. The van der Waals surface area contributed by atoms with Crippen LogP contribution in [0.2, 0.25) is 0 Å². The summed E-state index contributed by atoms with van der Waals surface area (Å²) < 4.78 is 0. The summed E-state index contributed by atoms with van der Waals surface area (Å²) in [4.78, 5) is 21.0. The van der Waals surface area contributed by atoms with Gasteiger partial charge >= 0.3 is 0 Å². The molecule has 1 fully saturated rings. The molecule has 2 atom stereocenters. The zero-order chi connectivity index (χ0) is 14.7. The van der Waals surface area contributed by atoms with Crippen molar-refractivity contribution >= 4 is 11.6 Å². The lowest BCUT2D eigenvalue weighted by Crippen LogP contribution is -2.37. The van der Waals surface area contributed by atoms with Crippen molar-refractivity contribution in [2.45, 2.75) is 52.0 Å². The summed E-state index contributed by atoms with van der Waals surface area (Å²) in [5, 5.41) is 3.06. The average Bonchev–Trinajstić information content (AvgIpc) is 2.83. The van der Waals surface area contributed by atoms with Crippen LogP contribution in [0.1, 0.15) is 62.3 Å². The summed E-state index contributed by atoms with van der Waals surface area (Å²) in [5.74, 6) is 6.59. The number of carbonyl (C=O) groups excluding carboxylic acids is 1. The number of nitrogens with one attached hydrogen (secondary N) is 2. The number of carbonyl (C=O) groups is 1. The first-order chi connectivity index (χ1) is 9.52. The molecule has 1 heterocycles. The maximum atomic E-state index is 12.4. The molecule has 0 aromatic carbocycles. The zero-order valence-corrected chi connectivity index (χ0v) is 12.3. The zero-order valence-electron chi connectivity index (χ0n) is 12.3. The highest BCUT2D eigenvalue weighted by molar-refractivity contribution is 5.97. The molecular formula is C14H23N5O. The summed E-state index contributed by atoms with van der Waals surface area (Å²) in [6.45, 7) is 6.15.